The molecule has 2 N–H and O–H groups in total. The molecule has 11 heteroatoms. The molecule has 1 aromatic heterocycles. The van der Waals surface area contributed by atoms with Gasteiger partial charge in [-0.1, -0.05) is 34.8 Å². The van der Waals surface area contributed by atoms with Crippen LogP contribution in [0.5, 0.6) is 0 Å². The minimum Gasteiger partial charge on any atom is -0.326 e. The van der Waals surface area contributed by atoms with Gasteiger partial charge < -0.3 is 10.6 Å². The average Bonchev–Trinajstić information content (AvgIpc) is 3.33. The summed E-state index contributed by atoms with van der Waals surface area (Å²) in [7, 11) is 0. The van der Waals surface area contributed by atoms with E-state index >= 15 is 0 Å². The number of hydrogen-bond donors (Lipinski definition) is 2. The van der Waals surface area contributed by atoms with Crippen LogP contribution in [0.15, 0.2) is 48.7 Å². The summed E-state index contributed by atoms with van der Waals surface area (Å²) in [6.07, 6.45) is 1.19. The lowest BCUT2D eigenvalue weighted by Crippen LogP contribution is -2.18. The van der Waals surface area contributed by atoms with Gasteiger partial charge in [0.1, 0.15) is 4.33 Å². The van der Waals surface area contributed by atoms with Crippen LogP contribution in [0.25, 0.3) is 0 Å². The molecule has 0 saturated heterocycles. The van der Waals surface area contributed by atoms with Crippen molar-refractivity contribution in [1.29, 1.82) is 0 Å². The zero-order valence-electron chi connectivity index (χ0n) is 17.3. The van der Waals surface area contributed by atoms with Gasteiger partial charge in [0.15, 0.2) is 0 Å². The largest absolute Gasteiger partial charge is 0.326 e. The molecular weight excluding hydrogens is 547 g/mol. The van der Waals surface area contributed by atoms with Crippen LogP contribution in [-0.2, 0) is 4.79 Å². The zero-order chi connectivity index (χ0) is 24.8. The maximum Gasteiger partial charge on any atom is 0.257 e. The molecule has 4 rings (SSSR count). The first-order valence-electron chi connectivity index (χ1n) is 9.85. The molecule has 176 valence electrons. The van der Waals surface area contributed by atoms with Crippen molar-refractivity contribution in [2.45, 2.75) is 17.2 Å². The van der Waals surface area contributed by atoms with E-state index in [1.54, 1.807) is 24.3 Å². The van der Waals surface area contributed by atoms with Gasteiger partial charge in [0.05, 0.1) is 28.4 Å². The highest BCUT2D eigenvalue weighted by molar-refractivity contribution is 6.53. The number of alkyl halides is 2. The molecule has 5 nitrogen and oxygen atoms in total. The fourth-order valence-electron chi connectivity index (χ4n) is 3.64. The Morgan fingerprint density at radius 3 is 2.29 bits per heavy atom. The van der Waals surface area contributed by atoms with Gasteiger partial charge in [-0.25, -0.2) is 4.98 Å². The van der Waals surface area contributed by atoms with E-state index in [0.717, 1.165) is 0 Å². The standard InChI is InChI=1S/C23H15Cl5FN3O2/c1-10-4-15(9-30-20(10)29)32-21(33)16-8-14(2-3-17(16)26)31-22(34)19-18(23(19,27)28)11-5-12(24)7-13(25)6-11/h2-9,18-19H,1H3,(H,31,34)(H,32,33)/t18-,19+/m0/s1. The van der Waals surface area contributed by atoms with Gasteiger partial charge in [-0.2, -0.15) is 4.39 Å². The van der Waals surface area contributed by atoms with Gasteiger partial charge in [0.25, 0.3) is 5.91 Å². The number of hydrogen-bond acceptors (Lipinski definition) is 3. The molecule has 1 heterocycles. The molecular formula is C23H15Cl5FN3O2. The number of aryl methyl sites for hydroxylation is 1. The summed E-state index contributed by atoms with van der Waals surface area (Å²) in [4.78, 5) is 29.2. The minimum absolute atomic E-state index is 0.0958. The fourth-order valence-corrected chi connectivity index (χ4v) is 5.22. The summed E-state index contributed by atoms with van der Waals surface area (Å²) < 4.78 is 12.0. The molecule has 0 spiro atoms. The first-order valence-corrected chi connectivity index (χ1v) is 11.7. The van der Waals surface area contributed by atoms with Crippen molar-refractivity contribution in [2.24, 2.45) is 5.92 Å². The van der Waals surface area contributed by atoms with Crippen LogP contribution in [0.3, 0.4) is 0 Å². The maximum atomic E-state index is 13.4. The molecule has 1 saturated carbocycles. The third-order valence-electron chi connectivity index (χ3n) is 5.33. The Morgan fingerprint density at radius 2 is 1.65 bits per heavy atom. The van der Waals surface area contributed by atoms with E-state index in [9.17, 15) is 14.0 Å². The van der Waals surface area contributed by atoms with Gasteiger partial charge >= 0.3 is 0 Å². The van der Waals surface area contributed by atoms with E-state index in [1.807, 2.05) is 0 Å². The Labute approximate surface area is 219 Å². The van der Waals surface area contributed by atoms with Crippen LogP contribution in [0.4, 0.5) is 15.8 Å². The first-order chi connectivity index (χ1) is 16.0. The number of nitrogens with one attached hydrogen (secondary N) is 2. The first kappa shape index (κ1) is 25.0. The van der Waals surface area contributed by atoms with E-state index in [4.69, 9.17) is 58.0 Å². The Hall–Kier alpha value is -2.09. The highest BCUT2D eigenvalue weighted by Gasteiger charge is 2.67. The Balaban J connectivity index is 1.51. The van der Waals surface area contributed by atoms with Crippen molar-refractivity contribution in [3.8, 4) is 0 Å². The Morgan fingerprint density at radius 1 is 0.971 bits per heavy atom. The van der Waals surface area contributed by atoms with Crippen LogP contribution in [0, 0.1) is 18.8 Å². The van der Waals surface area contributed by atoms with Crippen LogP contribution in [-0.4, -0.2) is 21.1 Å². The van der Waals surface area contributed by atoms with Crippen LogP contribution in [0.1, 0.15) is 27.4 Å². The molecule has 2 aromatic carbocycles. The smallest absolute Gasteiger partial charge is 0.257 e. The van der Waals surface area contributed by atoms with Gasteiger partial charge in [-0.05, 0) is 55.0 Å². The van der Waals surface area contributed by atoms with Crippen molar-refractivity contribution in [2.75, 3.05) is 10.6 Å². The maximum absolute atomic E-state index is 13.4. The summed E-state index contributed by atoms with van der Waals surface area (Å²) in [6, 6.07) is 10.7. The van der Waals surface area contributed by atoms with Crippen LogP contribution < -0.4 is 10.6 Å². The molecule has 0 bridgehead atoms. The van der Waals surface area contributed by atoms with E-state index in [0.29, 0.717) is 27.0 Å². The van der Waals surface area contributed by atoms with Gasteiger partial charge in [-0.3, -0.25) is 9.59 Å². The molecule has 3 aromatic rings. The topological polar surface area (TPSA) is 71.1 Å². The van der Waals surface area contributed by atoms with E-state index in [1.165, 1.54) is 31.3 Å². The highest BCUT2D eigenvalue weighted by atomic mass is 35.5. The van der Waals surface area contributed by atoms with Crippen LogP contribution >= 0.6 is 58.0 Å². The van der Waals surface area contributed by atoms with Crippen molar-refractivity contribution in [1.82, 2.24) is 4.98 Å². The second-order valence-electron chi connectivity index (χ2n) is 7.80. The fraction of sp³-hybridized carbons (Fsp3) is 0.174. The summed E-state index contributed by atoms with van der Waals surface area (Å²) in [6.45, 7) is 1.53. The molecule has 1 aliphatic rings. The number of carbonyl (C=O) groups excluding carboxylic acids is 2. The lowest BCUT2D eigenvalue weighted by Gasteiger charge is -2.11. The van der Waals surface area contributed by atoms with Crippen molar-refractivity contribution in [3.63, 3.8) is 0 Å². The molecule has 34 heavy (non-hydrogen) atoms. The quantitative estimate of drug-likeness (QED) is 0.254. The molecule has 0 aliphatic heterocycles. The zero-order valence-corrected chi connectivity index (χ0v) is 21.1. The van der Waals surface area contributed by atoms with Crippen molar-refractivity contribution in [3.05, 3.63) is 86.4 Å². The molecule has 2 amide bonds. The molecule has 1 aliphatic carbocycles. The van der Waals surface area contributed by atoms with Crippen LogP contribution in [0.2, 0.25) is 15.1 Å². The number of anilines is 2. The SMILES string of the molecule is Cc1cc(NC(=O)c2cc(NC(=O)[C@H]3[C@H](c4cc(Cl)cc(Cl)c4)C3(Cl)Cl)ccc2Cl)cnc1F. The summed E-state index contributed by atoms with van der Waals surface area (Å²) in [5, 5.41) is 6.28. The number of halogens is 6. The Bertz CT molecular complexity index is 1300. The minimum atomic E-state index is -1.35. The summed E-state index contributed by atoms with van der Waals surface area (Å²) in [5.74, 6) is -2.93. The number of carbonyl (C=O) groups is 2. The van der Waals surface area contributed by atoms with Gasteiger partial charge in [-0.15, -0.1) is 23.2 Å². The van der Waals surface area contributed by atoms with Crippen molar-refractivity contribution < 1.29 is 14.0 Å². The Kier molecular flexibility index (Phi) is 7.00. The molecule has 0 unspecified atom stereocenters. The van der Waals surface area contributed by atoms with Gasteiger partial charge in [0.2, 0.25) is 11.9 Å². The monoisotopic (exact) mass is 559 g/mol. The second kappa shape index (κ2) is 9.51. The number of rotatable bonds is 5. The average molecular weight is 562 g/mol. The normalized spacial score (nSPS) is 18.3. The number of aromatic nitrogens is 1. The van der Waals surface area contributed by atoms with E-state index in [-0.39, 0.29) is 16.1 Å². The lowest BCUT2D eigenvalue weighted by molar-refractivity contribution is -0.117. The number of pyridine rings is 1. The molecule has 0 radical (unpaired) electrons. The number of nitrogens with zero attached hydrogens (tertiary/aromatic N) is 1. The predicted octanol–water partition coefficient (Wildman–Crippen LogP) is 7.27. The van der Waals surface area contributed by atoms with E-state index < -0.39 is 33.9 Å². The second-order valence-corrected chi connectivity index (χ2v) is 10.5. The third kappa shape index (κ3) is 5.11. The molecule has 2 atom stereocenters. The number of amides is 2. The summed E-state index contributed by atoms with van der Waals surface area (Å²) in [5.41, 5.74) is 1.62. The third-order valence-corrected chi connectivity index (χ3v) is 7.04. The van der Waals surface area contributed by atoms with Gasteiger partial charge in [0, 0.05) is 27.2 Å². The number of benzene rings is 2. The summed E-state index contributed by atoms with van der Waals surface area (Å²) >= 11 is 31.1. The highest BCUT2D eigenvalue weighted by Crippen LogP contribution is 2.65. The lowest BCUT2D eigenvalue weighted by atomic mass is 10.1. The van der Waals surface area contributed by atoms with Crippen molar-refractivity contribution >= 4 is 81.2 Å². The predicted molar refractivity (Wildman–Crippen MR) is 134 cm³/mol. The molecule has 1 fully saturated rings. The van der Waals surface area contributed by atoms with E-state index in [2.05, 4.69) is 15.6 Å².